The number of nitrogens with zero attached hydrogens (tertiary/aromatic N) is 1. The predicted octanol–water partition coefficient (Wildman–Crippen LogP) is 2.53. The van der Waals surface area contributed by atoms with Crippen LogP contribution in [0.25, 0.3) is 0 Å². The summed E-state index contributed by atoms with van der Waals surface area (Å²) in [6, 6.07) is 8.99. The fourth-order valence-electron chi connectivity index (χ4n) is 1.67. The highest BCUT2D eigenvalue weighted by atomic mass is 32.2. The molecule has 0 aliphatic carbocycles. The second-order valence-electron chi connectivity index (χ2n) is 4.29. The number of para-hydroxylation sites is 1. The van der Waals surface area contributed by atoms with Crippen LogP contribution in [0, 0.1) is 6.92 Å². The highest BCUT2D eigenvalue weighted by Crippen LogP contribution is 2.21. The lowest BCUT2D eigenvalue weighted by Crippen LogP contribution is -2.14. The van der Waals surface area contributed by atoms with Gasteiger partial charge in [-0.05, 0) is 26.0 Å². The van der Waals surface area contributed by atoms with E-state index in [0.29, 0.717) is 23.2 Å². The predicted molar refractivity (Wildman–Crippen MR) is 83.5 cm³/mol. The van der Waals surface area contributed by atoms with Gasteiger partial charge in [0, 0.05) is 0 Å². The molecule has 22 heavy (non-hydrogen) atoms. The normalized spacial score (nSPS) is 10.3. The van der Waals surface area contributed by atoms with Crippen LogP contribution in [-0.2, 0) is 9.53 Å². The number of ether oxygens (including phenoxy) is 2. The molecule has 0 bridgehead atoms. The Kier molecular flexibility index (Phi) is 5.60. The molecule has 0 aliphatic rings. The largest absolute Gasteiger partial charge is 0.465 e. The van der Waals surface area contributed by atoms with Crippen molar-refractivity contribution in [1.29, 1.82) is 0 Å². The number of esters is 1. The van der Waals surface area contributed by atoms with Crippen LogP contribution in [0.3, 0.4) is 0 Å². The molecule has 0 amide bonds. The van der Waals surface area contributed by atoms with Crippen molar-refractivity contribution in [2.45, 2.75) is 19.0 Å². The number of rotatable bonds is 6. The fourth-order valence-corrected chi connectivity index (χ4v) is 2.38. The van der Waals surface area contributed by atoms with Crippen LogP contribution in [0.4, 0.5) is 0 Å². The van der Waals surface area contributed by atoms with Crippen LogP contribution in [0.2, 0.25) is 0 Å². The van der Waals surface area contributed by atoms with Gasteiger partial charge in [0.25, 0.3) is 5.56 Å². The van der Waals surface area contributed by atoms with Gasteiger partial charge in [0.15, 0.2) is 5.16 Å². The van der Waals surface area contributed by atoms with E-state index in [4.69, 9.17) is 9.47 Å². The van der Waals surface area contributed by atoms with E-state index in [0.717, 1.165) is 11.8 Å². The Morgan fingerprint density at radius 3 is 2.68 bits per heavy atom. The summed E-state index contributed by atoms with van der Waals surface area (Å²) < 4.78 is 10.4. The summed E-state index contributed by atoms with van der Waals surface area (Å²) >= 11 is 1.12. The zero-order valence-corrected chi connectivity index (χ0v) is 13.1. The van der Waals surface area contributed by atoms with E-state index in [9.17, 15) is 9.59 Å². The molecule has 0 fully saturated rings. The minimum atomic E-state index is -0.386. The topological polar surface area (TPSA) is 81.3 Å². The number of aromatic nitrogens is 2. The summed E-state index contributed by atoms with van der Waals surface area (Å²) in [5.74, 6) is 0.448. The second-order valence-corrected chi connectivity index (χ2v) is 5.26. The van der Waals surface area contributed by atoms with E-state index in [1.165, 1.54) is 0 Å². The third kappa shape index (κ3) is 4.36. The molecule has 2 rings (SSSR count). The third-order valence-electron chi connectivity index (χ3n) is 2.62. The Labute approximate surface area is 131 Å². The fraction of sp³-hybridized carbons (Fsp3) is 0.267. The van der Waals surface area contributed by atoms with Gasteiger partial charge in [-0.3, -0.25) is 14.6 Å². The molecule has 1 aromatic heterocycles. The molecular weight excluding hydrogens is 304 g/mol. The molecule has 0 aliphatic heterocycles. The van der Waals surface area contributed by atoms with Gasteiger partial charge in [-0.15, -0.1) is 0 Å². The lowest BCUT2D eigenvalue weighted by molar-refractivity contribution is -0.139. The number of H-pyrrole nitrogens is 1. The van der Waals surface area contributed by atoms with Gasteiger partial charge in [0.1, 0.15) is 5.75 Å². The first kappa shape index (κ1) is 16.1. The van der Waals surface area contributed by atoms with Crippen LogP contribution < -0.4 is 10.3 Å². The lowest BCUT2D eigenvalue weighted by Gasteiger charge is -2.08. The summed E-state index contributed by atoms with van der Waals surface area (Å²) in [6.45, 7) is 3.75. The smallest absolute Gasteiger partial charge is 0.316 e. The highest BCUT2D eigenvalue weighted by molar-refractivity contribution is 7.99. The van der Waals surface area contributed by atoms with Crippen molar-refractivity contribution in [3.63, 3.8) is 0 Å². The number of hydrogen-bond donors (Lipinski definition) is 1. The molecular formula is C15H16N2O4S. The average molecular weight is 320 g/mol. The number of thioether (sulfide) groups is 1. The third-order valence-corrected chi connectivity index (χ3v) is 3.47. The van der Waals surface area contributed by atoms with Crippen molar-refractivity contribution in [2.75, 3.05) is 12.4 Å². The van der Waals surface area contributed by atoms with Gasteiger partial charge >= 0.3 is 5.97 Å². The molecule has 1 heterocycles. The van der Waals surface area contributed by atoms with E-state index >= 15 is 0 Å². The van der Waals surface area contributed by atoms with Crippen LogP contribution in [0.15, 0.2) is 40.3 Å². The minimum Gasteiger partial charge on any atom is -0.465 e. The monoisotopic (exact) mass is 320 g/mol. The second kappa shape index (κ2) is 7.65. The summed E-state index contributed by atoms with van der Waals surface area (Å²) in [7, 11) is 0. The Morgan fingerprint density at radius 2 is 2.05 bits per heavy atom. The average Bonchev–Trinajstić information content (AvgIpc) is 2.50. The molecule has 0 atom stereocenters. The maximum Gasteiger partial charge on any atom is 0.316 e. The van der Waals surface area contributed by atoms with Crippen molar-refractivity contribution in [3.05, 3.63) is 46.4 Å². The number of hydrogen-bond acceptors (Lipinski definition) is 6. The van der Waals surface area contributed by atoms with Crippen molar-refractivity contribution in [1.82, 2.24) is 9.97 Å². The number of aryl methyl sites for hydroxylation is 1. The Morgan fingerprint density at radius 1 is 1.32 bits per heavy atom. The van der Waals surface area contributed by atoms with Gasteiger partial charge in [0.05, 0.1) is 18.1 Å². The molecule has 0 saturated carbocycles. The van der Waals surface area contributed by atoms with Crippen molar-refractivity contribution in [3.8, 4) is 11.5 Å². The van der Waals surface area contributed by atoms with Gasteiger partial charge in [-0.25, -0.2) is 4.98 Å². The highest BCUT2D eigenvalue weighted by Gasteiger charge is 2.12. The van der Waals surface area contributed by atoms with E-state index in [1.807, 2.05) is 18.2 Å². The van der Waals surface area contributed by atoms with Gasteiger partial charge in [-0.2, -0.15) is 0 Å². The molecule has 0 saturated heterocycles. The molecule has 2 aromatic rings. The minimum absolute atomic E-state index is 0.0924. The van der Waals surface area contributed by atoms with E-state index in [2.05, 4.69) is 9.97 Å². The molecule has 0 radical (unpaired) electrons. The van der Waals surface area contributed by atoms with Crippen molar-refractivity contribution >= 4 is 17.7 Å². The molecule has 1 N–H and O–H groups in total. The SMILES string of the molecule is CCOC(=O)CSc1nc(C)c(Oc2ccccc2)c(=O)[nH]1. The summed E-state index contributed by atoms with van der Waals surface area (Å²) in [5, 5.41) is 0.357. The molecule has 0 unspecified atom stereocenters. The standard InChI is InChI=1S/C15H16N2O4S/c1-3-20-12(18)9-22-15-16-10(2)13(14(19)17-15)21-11-7-5-4-6-8-11/h4-8H,3,9H2,1-2H3,(H,16,17,19). The van der Waals surface area contributed by atoms with Gasteiger partial charge in [0.2, 0.25) is 5.75 Å². The Bertz CT molecular complexity index is 700. The van der Waals surface area contributed by atoms with Crippen molar-refractivity contribution in [2.24, 2.45) is 0 Å². The first-order chi connectivity index (χ1) is 10.6. The van der Waals surface area contributed by atoms with E-state index < -0.39 is 0 Å². The van der Waals surface area contributed by atoms with Crippen LogP contribution in [-0.4, -0.2) is 28.3 Å². The van der Waals surface area contributed by atoms with Crippen LogP contribution in [0.1, 0.15) is 12.6 Å². The summed E-state index contributed by atoms with van der Waals surface area (Å²) in [6.07, 6.45) is 0. The molecule has 0 spiro atoms. The number of carbonyl (C=O) groups is 1. The Hall–Kier alpha value is -2.28. The first-order valence-electron chi connectivity index (χ1n) is 6.72. The van der Waals surface area contributed by atoms with E-state index in [-0.39, 0.29) is 23.0 Å². The quantitative estimate of drug-likeness (QED) is 0.500. The lowest BCUT2D eigenvalue weighted by atomic mass is 10.3. The number of carbonyl (C=O) groups excluding carboxylic acids is 1. The summed E-state index contributed by atoms with van der Waals surface area (Å²) in [5.41, 5.74) is 0.0710. The maximum absolute atomic E-state index is 12.1. The van der Waals surface area contributed by atoms with Gasteiger partial charge in [-0.1, -0.05) is 30.0 Å². The van der Waals surface area contributed by atoms with Crippen LogP contribution >= 0.6 is 11.8 Å². The zero-order valence-electron chi connectivity index (χ0n) is 12.3. The summed E-state index contributed by atoms with van der Waals surface area (Å²) in [4.78, 5) is 30.2. The molecule has 116 valence electrons. The first-order valence-corrected chi connectivity index (χ1v) is 7.71. The maximum atomic E-state index is 12.1. The molecule has 7 heteroatoms. The zero-order chi connectivity index (χ0) is 15.9. The van der Waals surface area contributed by atoms with Gasteiger partial charge < -0.3 is 9.47 Å². The van der Waals surface area contributed by atoms with E-state index in [1.54, 1.807) is 26.0 Å². The number of benzene rings is 1. The van der Waals surface area contributed by atoms with Crippen molar-refractivity contribution < 1.29 is 14.3 Å². The number of nitrogens with one attached hydrogen (secondary N) is 1. The Balaban J connectivity index is 2.11. The van der Waals surface area contributed by atoms with Crippen LogP contribution in [0.5, 0.6) is 11.5 Å². The molecule has 1 aromatic carbocycles. The number of aromatic amines is 1. The molecule has 6 nitrogen and oxygen atoms in total.